The third-order valence-electron chi connectivity index (χ3n) is 5.56. The normalized spacial score (nSPS) is 15.7. The second-order valence-corrected chi connectivity index (χ2v) is 7.75. The number of nitrogens with one attached hydrogen (secondary N) is 1. The molecule has 0 spiro atoms. The average Bonchev–Trinajstić information content (AvgIpc) is 3.16. The Morgan fingerprint density at radius 1 is 1.17 bits per heavy atom. The molecular weight excluding hydrogens is 364 g/mol. The number of hydrogen-bond donors (Lipinski definition) is 3. The van der Waals surface area contributed by atoms with E-state index in [0.29, 0.717) is 19.5 Å². The number of amides is 1. The zero-order chi connectivity index (χ0) is 20.5. The minimum absolute atomic E-state index is 0.229. The maximum absolute atomic E-state index is 12.6. The lowest BCUT2D eigenvalue weighted by Gasteiger charge is -2.30. The fraction of sp³-hybridized carbons (Fsp3) is 0.304. The summed E-state index contributed by atoms with van der Waals surface area (Å²) < 4.78 is 0. The number of rotatable bonds is 4. The second-order valence-electron chi connectivity index (χ2n) is 7.75. The molecule has 0 unspecified atom stereocenters. The van der Waals surface area contributed by atoms with Crippen molar-refractivity contribution in [2.75, 3.05) is 6.54 Å². The van der Waals surface area contributed by atoms with Gasteiger partial charge in [0.15, 0.2) is 0 Å². The smallest absolute Gasteiger partial charge is 0.242 e. The van der Waals surface area contributed by atoms with Crippen molar-refractivity contribution in [3.8, 4) is 22.4 Å². The van der Waals surface area contributed by atoms with Crippen LogP contribution in [0.3, 0.4) is 0 Å². The fourth-order valence-electron chi connectivity index (χ4n) is 3.78. The number of aromatic nitrogens is 2. The van der Waals surface area contributed by atoms with E-state index >= 15 is 0 Å². The molecule has 6 heteroatoms. The van der Waals surface area contributed by atoms with E-state index in [-0.39, 0.29) is 5.91 Å². The van der Waals surface area contributed by atoms with Crippen molar-refractivity contribution in [2.45, 2.75) is 39.0 Å². The van der Waals surface area contributed by atoms with Crippen LogP contribution in [0.2, 0.25) is 0 Å². The molecule has 6 nitrogen and oxygen atoms in total. The summed E-state index contributed by atoms with van der Waals surface area (Å²) in [6.45, 7) is 4.64. The molecule has 1 aliphatic heterocycles. The summed E-state index contributed by atoms with van der Waals surface area (Å²) in [5.41, 5.74) is 13.4. The molecule has 1 aromatic heterocycles. The lowest BCUT2D eigenvalue weighted by Crippen LogP contribution is -2.50. The number of nitrogens with two attached hydrogens (primary N) is 1. The number of fused-ring (bicyclic) bond motifs is 1. The van der Waals surface area contributed by atoms with E-state index in [4.69, 9.17) is 5.73 Å². The molecule has 1 aliphatic rings. The summed E-state index contributed by atoms with van der Waals surface area (Å²) in [7, 11) is 0. The molecule has 2 heterocycles. The summed E-state index contributed by atoms with van der Waals surface area (Å²) in [6, 6.07) is 15.8. The van der Waals surface area contributed by atoms with Gasteiger partial charge in [0, 0.05) is 36.3 Å². The molecule has 0 saturated heterocycles. The zero-order valence-electron chi connectivity index (χ0n) is 16.7. The molecule has 0 bridgehead atoms. The van der Waals surface area contributed by atoms with Crippen molar-refractivity contribution in [2.24, 2.45) is 5.73 Å². The molecule has 2 aromatic carbocycles. The number of carbonyl (C=O) groups is 1. The van der Waals surface area contributed by atoms with Gasteiger partial charge in [0.05, 0.1) is 11.8 Å². The largest absolute Gasteiger partial charge is 0.391 e. The number of H-pyrrole nitrogens is 1. The third-order valence-corrected chi connectivity index (χ3v) is 5.56. The number of aliphatic hydroxyl groups is 1. The van der Waals surface area contributed by atoms with Crippen LogP contribution in [0.1, 0.15) is 23.7 Å². The van der Waals surface area contributed by atoms with Gasteiger partial charge in [-0.3, -0.25) is 9.89 Å². The van der Waals surface area contributed by atoms with Crippen LogP contribution in [0.5, 0.6) is 0 Å². The lowest BCUT2D eigenvalue weighted by atomic mass is 9.97. The Bertz CT molecular complexity index is 1020. The highest BCUT2D eigenvalue weighted by molar-refractivity contribution is 5.83. The van der Waals surface area contributed by atoms with Gasteiger partial charge in [0.1, 0.15) is 6.04 Å². The Balaban J connectivity index is 1.59. The highest BCUT2D eigenvalue weighted by Crippen LogP contribution is 2.30. The fourth-order valence-corrected chi connectivity index (χ4v) is 3.78. The van der Waals surface area contributed by atoms with Gasteiger partial charge >= 0.3 is 0 Å². The van der Waals surface area contributed by atoms with Crippen molar-refractivity contribution in [1.29, 1.82) is 0 Å². The zero-order valence-corrected chi connectivity index (χ0v) is 16.7. The monoisotopic (exact) mass is 390 g/mol. The van der Waals surface area contributed by atoms with E-state index in [2.05, 4.69) is 65.7 Å². The molecule has 29 heavy (non-hydrogen) atoms. The van der Waals surface area contributed by atoms with Crippen LogP contribution in [0.25, 0.3) is 22.4 Å². The average molecular weight is 390 g/mol. The Kier molecular flexibility index (Phi) is 5.22. The molecule has 1 amide bonds. The van der Waals surface area contributed by atoms with Gasteiger partial charge in [-0.1, -0.05) is 54.1 Å². The summed E-state index contributed by atoms with van der Waals surface area (Å²) in [4.78, 5) is 14.3. The predicted molar refractivity (Wildman–Crippen MR) is 113 cm³/mol. The standard InChI is InChI=1S/C23H26N4O2/c1-14-4-3-5-18(12-14)16-6-8-17(9-7-16)22-19-13-27(11-10-20(19)25-26-22)23(29)21(24)15(2)28/h3-9,12,15,21,28H,10-11,13,24H2,1-2H3,(H,25,26)/t15-,21+/m1/s1. The maximum Gasteiger partial charge on any atom is 0.242 e. The Morgan fingerprint density at radius 2 is 1.90 bits per heavy atom. The van der Waals surface area contributed by atoms with Crippen LogP contribution in [-0.2, 0) is 17.8 Å². The molecule has 0 radical (unpaired) electrons. The first-order valence-corrected chi connectivity index (χ1v) is 9.90. The first-order chi connectivity index (χ1) is 13.9. The molecule has 150 valence electrons. The van der Waals surface area contributed by atoms with Crippen LogP contribution in [0.4, 0.5) is 0 Å². The van der Waals surface area contributed by atoms with Gasteiger partial charge in [0.25, 0.3) is 0 Å². The quantitative estimate of drug-likeness (QED) is 0.638. The van der Waals surface area contributed by atoms with Crippen molar-refractivity contribution >= 4 is 5.91 Å². The summed E-state index contributed by atoms with van der Waals surface area (Å²) in [5, 5.41) is 17.3. The molecule has 0 fully saturated rings. The molecule has 4 rings (SSSR count). The molecule has 3 aromatic rings. The number of aliphatic hydroxyl groups excluding tert-OH is 1. The van der Waals surface area contributed by atoms with Crippen molar-refractivity contribution < 1.29 is 9.90 Å². The van der Waals surface area contributed by atoms with Crippen molar-refractivity contribution in [3.05, 3.63) is 65.4 Å². The van der Waals surface area contributed by atoms with Crippen molar-refractivity contribution in [1.82, 2.24) is 15.1 Å². The SMILES string of the molecule is Cc1cccc(-c2ccc(-c3n[nH]c4c3CN(C(=O)[C@@H](N)[C@@H](C)O)CC4)cc2)c1. The van der Waals surface area contributed by atoms with Gasteiger partial charge in [-0.2, -0.15) is 5.10 Å². The van der Waals surface area contributed by atoms with E-state index in [1.165, 1.54) is 18.1 Å². The molecule has 0 saturated carbocycles. The van der Waals surface area contributed by atoms with Crippen LogP contribution in [-0.4, -0.2) is 44.8 Å². The molecular formula is C23H26N4O2. The third kappa shape index (κ3) is 3.81. The predicted octanol–water partition coefficient (Wildman–Crippen LogP) is 2.64. The van der Waals surface area contributed by atoms with Gasteiger partial charge in [-0.25, -0.2) is 0 Å². The summed E-state index contributed by atoms with van der Waals surface area (Å²) >= 11 is 0. The number of nitrogens with zero attached hydrogens (tertiary/aromatic N) is 2. The number of benzene rings is 2. The van der Waals surface area contributed by atoms with Crippen LogP contribution in [0, 0.1) is 6.92 Å². The topological polar surface area (TPSA) is 95.2 Å². The number of hydrogen-bond acceptors (Lipinski definition) is 4. The van der Waals surface area contributed by atoms with Crippen LogP contribution >= 0.6 is 0 Å². The highest BCUT2D eigenvalue weighted by Gasteiger charge is 2.30. The first-order valence-electron chi connectivity index (χ1n) is 9.90. The Labute approximate surface area is 170 Å². The second kappa shape index (κ2) is 7.81. The van der Waals surface area contributed by atoms with Gasteiger partial charge in [-0.05, 0) is 25.0 Å². The van der Waals surface area contributed by atoms with E-state index in [9.17, 15) is 9.90 Å². The summed E-state index contributed by atoms with van der Waals surface area (Å²) in [6.07, 6.45) is -0.177. The van der Waals surface area contributed by atoms with E-state index in [1.807, 2.05) is 0 Å². The Morgan fingerprint density at radius 3 is 2.59 bits per heavy atom. The minimum Gasteiger partial charge on any atom is -0.391 e. The Hall–Kier alpha value is -2.96. The van der Waals surface area contributed by atoms with Crippen LogP contribution < -0.4 is 5.73 Å². The van der Waals surface area contributed by atoms with E-state index in [1.54, 1.807) is 4.90 Å². The summed E-state index contributed by atoms with van der Waals surface area (Å²) in [5.74, 6) is -0.229. The number of aryl methyl sites for hydroxylation is 1. The first kappa shape index (κ1) is 19.4. The molecule has 4 N–H and O–H groups in total. The lowest BCUT2D eigenvalue weighted by molar-refractivity contribution is -0.135. The number of aromatic amines is 1. The highest BCUT2D eigenvalue weighted by atomic mass is 16.3. The molecule has 2 atom stereocenters. The van der Waals surface area contributed by atoms with Gasteiger partial charge in [0.2, 0.25) is 5.91 Å². The van der Waals surface area contributed by atoms with Gasteiger partial charge < -0.3 is 15.7 Å². The minimum atomic E-state index is -0.902. The number of carbonyl (C=O) groups excluding carboxylic acids is 1. The van der Waals surface area contributed by atoms with Crippen molar-refractivity contribution in [3.63, 3.8) is 0 Å². The van der Waals surface area contributed by atoms with E-state index in [0.717, 1.165) is 28.1 Å². The molecule has 0 aliphatic carbocycles. The maximum atomic E-state index is 12.6. The van der Waals surface area contributed by atoms with Gasteiger partial charge in [-0.15, -0.1) is 0 Å². The van der Waals surface area contributed by atoms with E-state index < -0.39 is 12.1 Å². The van der Waals surface area contributed by atoms with Crippen LogP contribution in [0.15, 0.2) is 48.5 Å².